The third kappa shape index (κ3) is 10.2. The van der Waals surface area contributed by atoms with Gasteiger partial charge in [0.05, 0.1) is 6.61 Å². The molecule has 0 rings (SSSR count). The van der Waals surface area contributed by atoms with Gasteiger partial charge in [-0.2, -0.15) is 0 Å². The number of esters is 1. The van der Waals surface area contributed by atoms with Gasteiger partial charge in [0.25, 0.3) is 5.79 Å². The first-order chi connectivity index (χ1) is 9.54. The molecule has 0 spiro atoms. The van der Waals surface area contributed by atoms with Crippen molar-refractivity contribution in [1.29, 1.82) is 0 Å². The molecule has 4 nitrogen and oxygen atoms in total. The van der Waals surface area contributed by atoms with E-state index in [1.54, 1.807) is 0 Å². The van der Waals surface area contributed by atoms with Gasteiger partial charge in [-0.1, -0.05) is 65.2 Å². The summed E-state index contributed by atoms with van der Waals surface area (Å²) in [5.74, 6) is -3.22. The van der Waals surface area contributed by atoms with Crippen molar-refractivity contribution in [3.05, 3.63) is 0 Å². The smallest absolute Gasteiger partial charge is 0.366 e. The molecule has 0 aliphatic rings. The first-order valence-corrected chi connectivity index (χ1v) is 8.16. The second kappa shape index (κ2) is 12.2. The molecule has 0 aliphatic heterocycles. The Morgan fingerprint density at radius 1 is 0.850 bits per heavy atom. The first kappa shape index (κ1) is 19.4. The molecule has 0 saturated carbocycles. The zero-order valence-corrected chi connectivity index (χ0v) is 13.2. The van der Waals surface area contributed by atoms with Crippen LogP contribution in [0.1, 0.15) is 84.5 Å². The first-order valence-electron chi connectivity index (χ1n) is 8.16. The van der Waals surface area contributed by atoms with Crippen LogP contribution in [-0.4, -0.2) is 28.6 Å². The van der Waals surface area contributed by atoms with E-state index in [0.29, 0.717) is 6.42 Å². The van der Waals surface area contributed by atoms with Crippen molar-refractivity contribution in [3.8, 4) is 0 Å². The van der Waals surface area contributed by atoms with Crippen LogP contribution in [0.3, 0.4) is 0 Å². The number of rotatable bonds is 13. The number of ether oxygens (including phenoxy) is 1. The average molecular weight is 288 g/mol. The minimum Gasteiger partial charge on any atom is -0.462 e. The highest BCUT2D eigenvalue weighted by molar-refractivity contribution is 5.77. The van der Waals surface area contributed by atoms with E-state index in [-0.39, 0.29) is 13.0 Å². The molecule has 0 aromatic carbocycles. The second-order valence-corrected chi connectivity index (χ2v) is 5.53. The lowest BCUT2D eigenvalue weighted by atomic mass is 10.0. The van der Waals surface area contributed by atoms with Gasteiger partial charge in [0, 0.05) is 6.42 Å². The molecule has 0 saturated heterocycles. The predicted octanol–water partition coefficient (Wildman–Crippen LogP) is 3.54. The summed E-state index contributed by atoms with van der Waals surface area (Å²) in [6, 6.07) is 0. The van der Waals surface area contributed by atoms with E-state index in [0.717, 1.165) is 25.7 Å². The van der Waals surface area contributed by atoms with Crippen molar-refractivity contribution in [3.63, 3.8) is 0 Å². The molecular weight excluding hydrogens is 256 g/mol. The molecule has 0 aromatic heterocycles. The maximum atomic E-state index is 11.5. The lowest BCUT2D eigenvalue weighted by molar-refractivity contribution is -0.212. The number of carbonyl (C=O) groups excluding carboxylic acids is 1. The predicted molar refractivity (Wildman–Crippen MR) is 80.3 cm³/mol. The molecule has 4 heteroatoms. The molecule has 0 atom stereocenters. The Kier molecular flexibility index (Phi) is 11.8. The summed E-state index contributed by atoms with van der Waals surface area (Å²) in [7, 11) is 0. The van der Waals surface area contributed by atoms with Gasteiger partial charge in [-0.05, 0) is 12.8 Å². The monoisotopic (exact) mass is 288 g/mol. The Hall–Kier alpha value is -0.610. The van der Waals surface area contributed by atoms with Crippen LogP contribution in [0.5, 0.6) is 0 Å². The van der Waals surface area contributed by atoms with E-state index in [4.69, 9.17) is 4.74 Å². The number of unbranched alkanes of at least 4 members (excludes halogenated alkanes) is 8. The number of hydrogen-bond donors (Lipinski definition) is 2. The number of hydrogen-bond acceptors (Lipinski definition) is 4. The molecule has 20 heavy (non-hydrogen) atoms. The van der Waals surface area contributed by atoms with E-state index in [1.165, 1.54) is 32.1 Å². The largest absolute Gasteiger partial charge is 0.462 e. The lowest BCUT2D eigenvalue weighted by Crippen LogP contribution is -2.40. The maximum Gasteiger partial charge on any atom is 0.366 e. The molecule has 0 aromatic rings. The van der Waals surface area contributed by atoms with Crippen molar-refractivity contribution in [2.75, 3.05) is 6.61 Å². The Labute approximate surface area is 123 Å². The van der Waals surface area contributed by atoms with Crippen LogP contribution in [0.4, 0.5) is 0 Å². The van der Waals surface area contributed by atoms with Gasteiger partial charge in [0.1, 0.15) is 0 Å². The highest BCUT2D eigenvalue weighted by atomic mass is 16.6. The standard InChI is InChI=1S/C16H32O4/c1-3-5-7-8-9-10-11-12-13-16(18,19)15(17)20-14-6-4-2/h18-19H,3-14H2,1-2H3. The van der Waals surface area contributed by atoms with Gasteiger partial charge < -0.3 is 14.9 Å². The summed E-state index contributed by atoms with van der Waals surface area (Å²) in [6.45, 7) is 4.44. The number of aliphatic hydroxyl groups is 2. The summed E-state index contributed by atoms with van der Waals surface area (Å²) in [5, 5.41) is 19.3. The fourth-order valence-corrected chi connectivity index (χ4v) is 2.03. The molecule has 0 heterocycles. The summed E-state index contributed by atoms with van der Waals surface area (Å²) >= 11 is 0. The lowest BCUT2D eigenvalue weighted by Gasteiger charge is -2.19. The Bertz CT molecular complexity index is 239. The van der Waals surface area contributed by atoms with E-state index >= 15 is 0 Å². The summed E-state index contributed by atoms with van der Waals surface area (Å²) < 4.78 is 4.83. The van der Waals surface area contributed by atoms with Gasteiger partial charge in [-0.15, -0.1) is 0 Å². The van der Waals surface area contributed by atoms with E-state index in [9.17, 15) is 15.0 Å². The Morgan fingerprint density at radius 2 is 1.35 bits per heavy atom. The quantitative estimate of drug-likeness (QED) is 0.309. The zero-order chi connectivity index (χ0) is 15.3. The molecule has 0 fully saturated rings. The van der Waals surface area contributed by atoms with Gasteiger partial charge in [-0.25, -0.2) is 4.79 Å². The molecule has 0 unspecified atom stereocenters. The number of carbonyl (C=O) groups is 1. The third-order valence-corrected chi connectivity index (χ3v) is 3.44. The van der Waals surface area contributed by atoms with Crippen LogP contribution in [-0.2, 0) is 9.53 Å². The average Bonchev–Trinajstić information content (AvgIpc) is 2.42. The van der Waals surface area contributed by atoms with Crippen LogP contribution >= 0.6 is 0 Å². The fraction of sp³-hybridized carbons (Fsp3) is 0.938. The summed E-state index contributed by atoms with van der Waals surface area (Å²) in [4.78, 5) is 11.5. The highest BCUT2D eigenvalue weighted by Gasteiger charge is 2.34. The van der Waals surface area contributed by atoms with Crippen molar-refractivity contribution in [2.24, 2.45) is 0 Å². The van der Waals surface area contributed by atoms with Crippen molar-refractivity contribution in [1.82, 2.24) is 0 Å². The Morgan fingerprint density at radius 3 is 1.90 bits per heavy atom. The van der Waals surface area contributed by atoms with Gasteiger partial charge >= 0.3 is 5.97 Å². The zero-order valence-electron chi connectivity index (χ0n) is 13.2. The minimum absolute atomic E-state index is 0.0624. The van der Waals surface area contributed by atoms with Crippen LogP contribution in [0, 0.1) is 0 Å². The van der Waals surface area contributed by atoms with Gasteiger partial charge in [0.2, 0.25) is 0 Å². The molecule has 0 radical (unpaired) electrons. The van der Waals surface area contributed by atoms with Gasteiger partial charge in [0.15, 0.2) is 0 Å². The molecule has 120 valence electrons. The van der Waals surface area contributed by atoms with E-state index in [2.05, 4.69) is 6.92 Å². The molecule has 0 bridgehead atoms. The molecule has 0 aliphatic carbocycles. The molecular formula is C16H32O4. The highest BCUT2D eigenvalue weighted by Crippen LogP contribution is 2.16. The molecule has 2 N–H and O–H groups in total. The van der Waals surface area contributed by atoms with Crippen LogP contribution in [0.2, 0.25) is 0 Å². The normalized spacial score (nSPS) is 11.6. The fourth-order valence-electron chi connectivity index (χ4n) is 2.03. The van der Waals surface area contributed by atoms with Crippen LogP contribution < -0.4 is 0 Å². The van der Waals surface area contributed by atoms with Crippen molar-refractivity contribution in [2.45, 2.75) is 90.3 Å². The van der Waals surface area contributed by atoms with Crippen LogP contribution in [0.25, 0.3) is 0 Å². The Balaban J connectivity index is 3.58. The van der Waals surface area contributed by atoms with E-state index in [1.807, 2.05) is 6.92 Å². The summed E-state index contributed by atoms with van der Waals surface area (Å²) in [5.41, 5.74) is 0. The summed E-state index contributed by atoms with van der Waals surface area (Å²) in [6.07, 6.45) is 10.6. The van der Waals surface area contributed by atoms with Crippen LogP contribution in [0.15, 0.2) is 0 Å². The van der Waals surface area contributed by atoms with E-state index < -0.39 is 11.8 Å². The maximum absolute atomic E-state index is 11.5. The SMILES string of the molecule is CCCCCCCCCCC(O)(O)C(=O)OCCCC. The second-order valence-electron chi connectivity index (χ2n) is 5.53. The van der Waals surface area contributed by atoms with Crippen molar-refractivity contribution >= 4 is 5.97 Å². The van der Waals surface area contributed by atoms with Crippen molar-refractivity contribution < 1.29 is 19.7 Å². The molecule has 0 amide bonds. The third-order valence-electron chi connectivity index (χ3n) is 3.44. The minimum atomic E-state index is -2.31. The van der Waals surface area contributed by atoms with Gasteiger partial charge in [-0.3, -0.25) is 0 Å². The topological polar surface area (TPSA) is 66.8 Å².